The van der Waals surface area contributed by atoms with E-state index in [1.807, 2.05) is 18.2 Å². The third kappa shape index (κ3) is 3.56. The van der Waals surface area contributed by atoms with Crippen LogP contribution in [0.25, 0.3) is 6.08 Å². The summed E-state index contributed by atoms with van der Waals surface area (Å²) < 4.78 is 0. The van der Waals surface area contributed by atoms with Gasteiger partial charge in [0.1, 0.15) is 5.78 Å². The van der Waals surface area contributed by atoms with Crippen LogP contribution in [0.4, 0.5) is 0 Å². The zero-order chi connectivity index (χ0) is 13.9. The van der Waals surface area contributed by atoms with Crippen LogP contribution in [0, 0.1) is 17.3 Å². The Hall–Kier alpha value is -1.37. The second-order valence-electron chi connectivity index (χ2n) is 6.47. The minimum atomic E-state index is -0.0485. The first kappa shape index (κ1) is 14.0. The van der Waals surface area contributed by atoms with Crippen molar-refractivity contribution in [1.82, 2.24) is 0 Å². The Labute approximate surface area is 116 Å². The summed E-state index contributed by atoms with van der Waals surface area (Å²) in [5.41, 5.74) is 1.15. The molecular weight excluding hydrogens is 232 g/mol. The van der Waals surface area contributed by atoms with Gasteiger partial charge in [0.15, 0.2) is 0 Å². The molecule has 1 aromatic rings. The van der Waals surface area contributed by atoms with Crippen LogP contribution < -0.4 is 0 Å². The van der Waals surface area contributed by atoms with Crippen molar-refractivity contribution in [1.29, 1.82) is 0 Å². The van der Waals surface area contributed by atoms with Gasteiger partial charge < -0.3 is 0 Å². The van der Waals surface area contributed by atoms with Crippen LogP contribution in [0.1, 0.15) is 45.6 Å². The number of allylic oxidation sites excluding steroid dienone is 1. The quantitative estimate of drug-likeness (QED) is 0.764. The summed E-state index contributed by atoms with van der Waals surface area (Å²) in [6, 6.07) is 10.3. The van der Waals surface area contributed by atoms with Gasteiger partial charge in [-0.2, -0.15) is 0 Å². The smallest absolute Gasteiger partial charge is 0.137 e. The molecule has 0 heterocycles. The number of hydrogen-bond acceptors (Lipinski definition) is 1. The lowest BCUT2D eigenvalue weighted by Crippen LogP contribution is -2.34. The van der Waals surface area contributed by atoms with Gasteiger partial charge in [0.2, 0.25) is 0 Å². The number of hydrogen-bond donors (Lipinski definition) is 0. The Bertz CT molecular complexity index is 456. The standard InChI is InChI=1S/C18H24O/c1-14-9-10-16(17(19)13-14)18(2,3)12-11-15-7-5-4-6-8-15/h4-8,11-12,14,16H,9-10,13H2,1-3H3/b12-11+/t14-,16?/m1/s1. The normalized spacial score (nSPS) is 24.9. The fourth-order valence-electron chi connectivity index (χ4n) is 2.98. The highest BCUT2D eigenvalue weighted by Gasteiger charge is 2.36. The molecule has 102 valence electrons. The van der Waals surface area contributed by atoms with Crippen LogP contribution in [0.3, 0.4) is 0 Å². The molecule has 0 aromatic heterocycles. The van der Waals surface area contributed by atoms with E-state index in [9.17, 15) is 4.79 Å². The Balaban J connectivity index is 2.10. The summed E-state index contributed by atoms with van der Waals surface area (Å²) in [6.45, 7) is 6.55. The fourth-order valence-corrected chi connectivity index (χ4v) is 2.98. The number of carbonyl (C=O) groups is 1. The molecule has 0 radical (unpaired) electrons. The molecule has 1 aliphatic rings. The maximum Gasteiger partial charge on any atom is 0.137 e. The van der Waals surface area contributed by atoms with Crippen LogP contribution in [-0.4, -0.2) is 5.78 Å². The van der Waals surface area contributed by atoms with E-state index in [1.54, 1.807) is 0 Å². The lowest BCUT2D eigenvalue weighted by Gasteiger charge is -2.35. The van der Waals surface area contributed by atoms with Crippen molar-refractivity contribution in [3.63, 3.8) is 0 Å². The average Bonchev–Trinajstić information content (AvgIpc) is 2.37. The first-order valence-electron chi connectivity index (χ1n) is 7.26. The Kier molecular flexibility index (Phi) is 4.24. The molecule has 0 N–H and O–H groups in total. The summed E-state index contributed by atoms with van der Waals surface area (Å²) in [5, 5.41) is 0. The van der Waals surface area contributed by atoms with E-state index in [0.29, 0.717) is 11.7 Å². The highest BCUT2D eigenvalue weighted by molar-refractivity contribution is 5.83. The van der Waals surface area contributed by atoms with Gasteiger partial charge in [-0.25, -0.2) is 0 Å². The van der Waals surface area contributed by atoms with Gasteiger partial charge in [-0.05, 0) is 29.7 Å². The summed E-state index contributed by atoms with van der Waals surface area (Å²) >= 11 is 0. The molecule has 19 heavy (non-hydrogen) atoms. The molecule has 1 aliphatic carbocycles. The van der Waals surface area contributed by atoms with Crippen molar-refractivity contribution in [2.45, 2.75) is 40.0 Å². The molecule has 0 aliphatic heterocycles. The highest BCUT2D eigenvalue weighted by Crippen LogP contribution is 2.39. The molecule has 1 aromatic carbocycles. The minimum Gasteiger partial charge on any atom is -0.299 e. The molecule has 1 fully saturated rings. The minimum absolute atomic E-state index is 0.0485. The third-order valence-corrected chi connectivity index (χ3v) is 4.29. The zero-order valence-corrected chi connectivity index (χ0v) is 12.2. The molecule has 0 spiro atoms. The molecule has 1 unspecified atom stereocenters. The van der Waals surface area contributed by atoms with Gasteiger partial charge in [0.05, 0.1) is 0 Å². The SMILES string of the molecule is C[C@@H]1CCC(C(C)(C)/C=C/c2ccccc2)C(=O)C1. The Morgan fingerprint density at radius 2 is 1.84 bits per heavy atom. The van der Waals surface area contributed by atoms with Crippen LogP contribution in [0.5, 0.6) is 0 Å². The van der Waals surface area contributed by atoms with Crippen LogP contribution in [-0.2, 0) is 4.79 Å². The molecular formula is C18H24O. The summed E-state index contributed by atoms with van der Waals surface area (Å²) in [4.78, 5) is 12.2. The molecule has 0 bridgehead atoms. The maximum atomic E-state index is 12.2. The van der Waals surface area contributed by atoms with Crippen molar-refractivity contribution >= 4 is 11.9 Å². The monoisotopic (exact) mass is 256 g/mol. The predicted molar refractivity (Wildman–Crippen MR) is 80.8 cm³/mol. The van der Waals surface area contributed by atoms with Crippen molar-refractivity contribution in [2.24, 2.45) is 17.3 Å². The topological polar surface area (TPSA) is 17.1 Å². The average molecular weight is 256 g/mol. The van der Waals surface area contributed by atoms with E-state index in [-0.39, 0.29) is 11.3 Å². The second-order valence-corrected chi connectivity index (χ2v) is 6.47. The molecule has 1 heteroatoms. The zero-order valence-electron chi connectivity index (χ0n) is 12.2. The van der Waals surface area contributed by atoms with Gasteiger partial charge >= 0.3 is 0 Å². The maximum absolute atomic E-state index is 12.2. The second kappa shape index (κ2) is 5.73. The van der Waals surface area contributed by atoms with E-state index < -0.39 is 0 Å². The van der Waals surface area contributed by atoms with Crippen LogP contribution >= 0.6 is 0 Å². The van der Waals surface area contributed by atoms with Crippen molar-refractivity contribution < 1.29 is 4.79 Å². The summed E-state index contributed by atoms with van der Waals surface area (Å²) in [5.74, 6) is 1.20. The Morgan fingerprint density at radius 1 is 1.16 bits per heavy atom. The number of ketones is 1. The summed E-state index contributed by atoms with van der Waals surface area (Å²) in [6.07, 6.45) is 7.32. The first-order valence-corrected chi connectivity index (χ1v) is 7.26. The lowest BCUT2D eigenvalue weighted by atomic mass is 9.68. The predicted octanol–water partition coefficient (Wildman–Crippen LogP) is 4.73. The lowest BCUT2D eigenvalue weighted by molar-refractivity contribution is -0.128. The van der Waals surface area contributed by atoms with E-state index >= 15 is 0 Å². The van der Waals surface area contributed by atoms with Crippen molar-refractivity contribution in [2.75, 3.05) is 0 Å². The molecule has 0 amide bonds. The Morgan fingerprint density at radius 3 is 2.47 bits per heavy atom. The van der Waals surface area contributed by atoms with E-state index in [1.165, 1.54) is 12.0 Å². The number of Topliss-reactive ketones (excluding diaryl/α,β-unsaturated/α-hetero) is 1. The number of carbonyl (C=O) groups excluding carboxylic acids is 1. The van der Waals surface area contributed by atoms with E-state index in [0.717, 1.165) is 12.8 Å². The van der Waals surface area contributed by atoms with Crippen LogP contribution in [0.2, 0.25) is 0 Å². The van der Waals surface area contributed by atoms with Gasteiger partial charge in [-0.3, -0.25) is 4.79 Å². The third-order valence-electron chi connectivity index (χ3n) is 4.29. The fraction of sp³-hybridized carbons (Fsp3) is 0.500. The van der Waals surface area contributed by atoms with Crippen LogP contribution in [0.15, 0.2) is 36.4 Å². The van der Waals surface area contributed by atoms with Gasteiger partial charge in [-0.15, -0.1) is 0 Å². The highest BCUT2D eigenvalue weighted by atomic mass is 16.1. The largest absolute Gasteiger partial charge is 0.299 e. The van der Waals surface area contributed by atoms with Crippen molar-refractivity contribution in [3.8, 4) is 0 Å². The van der Waals surface area contributed by atoms with Crippen molar-refractivity contribution in [3.05, 3.63) is 42.0 Å². The number of rotatable bonds is 3. The van der Waals surface area contributed by atoms with Gasteiger partial charge in [0, 0.05) is 12.3 Å². The molecule has 2 rings (SSSR count). The molecule has 1 saturated carbocycles. The van der Waals surface area contributed by atoms with Gasteiger partial charge in [0.25, 0.3) is 0 Å². The van der Waals surface area contributed by atoms with Gasteiger partial charge in [-0.1, -0.05) is 63.3 Å². The first-order chi connectivity index (χ1) is 8.99. The molecule has 1 nitrogen and oxygen atoms in total. The molecule has 2 atom stereocenters. The van der Waals surface area contributed by atoms with E-state index in [2.05, 4.69) is 45.1 Å². The summed E-state index contributed by atoms with van der Waals surface area (Å²) in [7, 11) is 0. The number of benzene rings is 1. The van der Waals surface area contributed by atoms with E-state index in [4.69, 9.17) is 0 Å². The molecule has 0 saturated heterocycles.